The molecule has 7 rings (SSSR count). The van der Waals surface area contributed by atoms with E-state index in [2.05, 4.69) is 10.1 Å². The van der Waals surface area contributed by atoms with Gasteiger partial charge in [0.2, 0.25) is 9.84 Å². The zero-order valence-corrected chi connectivity index (χ0v) is 24.2. The predicted octanol–water partition coefficient (Wildman–Crippen LogP) is 6.52. The summed E-state index contributed by atoms with van der Waals surface area (Å²) in [5, 5.41) is 3.67. The first-order valence-electron chi connectivity index (χ1n) is 14.0. The Hall–Kier alpha value is -5.38. The van der Waals surface area contributed by atoms with Crippen LogP contribution in [0, 0.1) is 0 Å². The zero-order chi connectivity index (χ0) is 30.1. The van der Waals surface area contributed by atoms with Gasteiger partial charge in [-0.2, -0.15) is 4.52 Å². The topological polar surface area (TPSA) is 106 Å². The van der Waals surface area contributed by atoms with Crippen LogP contribution in [0.3, 0.4) is 0 Å². The number of nitrogens with zero attached hydrogens (tertiary/aromatic N) is 3. The molecule has 0 radical (unpaired) electrons. The fraction of sp³-hybridized carbons (Fsp3) is 0.0571. The van der Waals surface area contributed by atoms with Crippen molar-refractivity contribution in [3.8, 4) is 33.5 Å². The van der Waals surface area contributed by atoms with E-state index in [1.54, 1.807) is 30.5 Å². The van der Waals surface area contributed by atoms with Crippen molar-refractivity contribution in [2.24, 2.45) is 0 Å². The van der Waals surface area contributed by atoms with Gasteiger partial charge in [0, 0.05) is 17.1 Å². The average molecular weight is 599 g/mol. The number of ether oxygens (including phenoxy) is 1. The molecule has 0 unspecified atom stereocenters. The molecule has 0 fully saturated rings. The SMILES string of the molecule is O=c1c(-c2ccc3ncccc3c2)c(S(=O)(=O)COCc2ccccc2)nc2c(-c3ccccc3)c(-c3ccccc3)[nH]n12. The Morgan fingerprint density at radius 3 is 2.14 bits per heavy atom. The molecule has 0 atom stereocenters. The lowest BCUT2D eigenvalue weighted by atomic mass is 10.0. The Labute approximate surface area is 253 Å². The number of nitrogens with one attached hydrogen (secondary N) is 1. The maximum absolute atomic E-state index is 14.4. The smallest absolute Gasteiger partial charge is 0.281 e. The molecule has 216 valence electrons. The van der Waals surface area contributed by atoms with Crippen LogP contribution in [0.2, 0.25) is 0 Å². The third-order valence-electron chi connectivity index (χ3n) is 7.41. The average Bonchev–Trinajstić information content (AvgIpc) is 3.46. The lowest BCUT2D eigenvalue weighted by Crippen LogP contribution is -2.24. The minimum absolute atomic E-state index is 0.0444. The number of H-pyrrole nitrogens is 1. The van der Waals surface area contributed by atoms with Crippen LogP contribution in [0.4, 0.5) is 0 Å². The minimum atomic E-state index is -4.21. The van der Waals surface area contributed by atoms with E-state index in [1.807, 2.05) is 97.1 Å². The van der Waals surface area contributed by atoms with Gasteiger partial charge in [-0.1, -0.05) is 103 Å². The Balaban J connectivity index is 1.48. The second-order valence-corrected chi connectivity index (χ2v) is 12.2. The molecule has 0 amide bonds. The molecule has 0 aliphatic carbocycles. The van der Waals surface area contributed by atoms with E-state index >= 15 is 0 Å². The number of aromatic nitrogens is 4. The van der Waals surface area contributed by atoms with Crippen molar-refractivity contribution < 1.29 is 13.2 Å². The summed E-state index contributed by atoms with van der Waals surface area (Å²) in [7, 11) is -4.21. The Morgan fingerprint density at radius 1 is 0.727 bits per heavy atom. The first-order chi connectivity index (χ1) is 21.5. The number of pyridine rings is 1. The van der Waals surface area contributed by atoms with Crippen molar-refractivity contribution in [1.82, 2.24) is 19.6 Å². The molecule has 9 heteroatoms. The monoisotopic (exact) mass is 598 g/mol. The normalized spacial score (nSPS) is 11.7. The van der Waals surface area contributed by atoms with Crippen molar-refractivity contribution in [3.05, 3.63) is 143 Å². The van der Waals surface area contributed by atoms with Gasteiger partial charge >= 0.3 is 0 Å². The molecule has 0 spiro atoms. The quantitative estimate of drug-likeness (QED) is 0.200. The molecular formula is C35H26N4O4S. The Bertz CT molecular complexity index is 2280. The van der Waals surface area contributed by atoms with Crippen LogP contribution in [0.15, 0.2) is 137 Å². The largest absolute Gasteiger partial charge is 0.360 e. The summed E-state index contributed by atoms with van der Waals surface area (Å²) in [5.74, 6) is -0.650. The zero-order valence-electron chi connectivity index (χ0n) is 23.4. The maximum Gasteiger partial charge on any atom is 0.281 e. The first kappa shape index (κ1) is 27.5. The highest BCUT2D eigenvalue weighted by Gasteiger charge is 2.29. The molecule has 0 saturated carbocycles. The molecule has 3 aromatic heterocycles. The number of aromatic amines is 1. The fourth-order valence-electron chi connectivity index (χ4n) is 5.35. The van der Waals surface area contributed by atoms with Gasteiger partial charge in [0.25, 0.3) is 5.56 Å². The van der Waals surface area contributed by atoms with Crippen LogP contribution >= 0.6 is 0 Å². The molecule has 4 aromatic carbocycles. The van der Waals surface area contributed by atoms with Gasteiger partial charge in [-0.3, -0.25) is 14.9 Å². The van der Waals surface area contributed by atoms with Gasteiger partial charge in [-0.15, -0.1) is 0 Å². The Morgan fingerprint density at radius 2 is 1.41 bits per heavy atom. The molecule has 0 bridgehead atoms. The second kappa shape index (κ2) is 11.4. The van der Waals surface area contributed by atoms with Crippen molar-refractivity contribution in [2.75, 3.05) is 5.94 Å². The van der Waals surface area contributed by atoms with Gasteiger partial charge in [-0.25, -0.2) is 13.4 Å². The van der Waals surface area contributed by atoms with E-state index in [1.165, 1.54) is 4.52 Å². The lowest BCUT2D eigenvalue weighted by molar-refractivity contribution is 0.163. The van der Waals surface area contributed by atoms with Crippen molar-refractivity contribution >= 4 is 26.4 Å². The third-order valence-corrected chi connectivity index (χ3v) is 8.77. The van der Waals surface area contributed by atoms with E-state index in [0.29, 0.717) is 16.8 Å². The number of hydrogen-bond acceptors (Lipinski definition) is 6. The molecular weight excluding hydrogens is 572 g/mol. The van der Waals surface area contributed by atoms with Crippen molar-refractivity contribution in [2.45, 2.75) is 11.6 Å². The molecule has 0 saturated heterocycles. The molecule has 8 nitrogen and oxygen atoms in total. The summed E-state index contributed by atoms with van der Waals surface area (Å²) in [6, 6.07) is 37.2. The Kier molecular flexibility index (Phi) is 7.09. The maximum atomic E-state index is 14.4. The predicted molar refractivity (Wildman–Crippen MR) is 171 cm³/mol. The number of benzene rings is 4. The van der Waals surface area contributed by atoms with Crippen LogP contribution in [-0.2, 0) is 21.2 Å². The van der Waals surface area contributed by atoms with Gasteiger partial charge in [0.05, 0.1) is 28.9 Å². The summed E-state index contributed by atoms with van der Waals surface area (Å²) < 4.78 is 35.1. The van der Waals surface area contributed by atoms with Crippen LogP contribution in [0.5, 0.6) is 0 Å². The van der Waals surface area contributed by atoms with Gasteiger partial charge < -0.3 is 4.74 Å². The van der Waals surface area contributed by atoms with Crippen LogP contribution in [0.25, 0.3) is 50.1 Å². The summed E-state index contributed by atoms with van der Waals surface area (Å²) in [6.45, 7) is 0.0931. The highest BCUT2D eigenvalue weighted by atomic mass is 32.2. The molecule has 3 heterocycles. The summed E-state index contributed by atoms with van der Waals surface area (Å²) in [5.41, 5.74) is 4.45. The standard InChI is InChI=1S/C35H26N4O4S/c40-35-31(28-18-19-29-27(21-28)17-10-20-36-29)34(44(41,42)23-43-22-24-11-4-1-5-12-24)37-33-30(25-13-6-2-7-14-25)32(38-39(33)35)26-15-8-3-9-16-26/h1-21,38H,22-23H2. The minimum Gasteiger partial charge on any atom is -0.360 e. The van der Waals surface area contributed by atoms with E-state index in [9.17, 15) is 13.2 Å². The number of fused-ring (bicyclic) bond motifs is 2. The first-order valence-corrected chi connectivity index (χ1v) is 15.6. The number of hydrogen-bond donors (Lipinski definition) is 1. The number of sulfone groups is 1. The molecule has 1 N–H and O–H groups in total. The van der Waals surface area contributed by atoms with Crippen LogP contribution < -0.4 is 5.56 Å². The molecule has 7 aromatic rings. The summed E-state index contributed by atoms with van der Waals surface area (Å²) >= 11 is 0. The van der Waals surface area contributed by atoms with Crippen molar-refractivity contribution in [3.63, 3.8) is 0 Å². The van der Waals surface area contributed by atoms with E-state index in [-0.39, 0.29) is 22.8 Å². The molecule has 0 aliphatic heterocycles. The summed E-state index contributed by atoms with van der Waals surface area (Å²) in [4.78, 5) is 23.6. The second-order valence-electron chi connectivity index (χ2n) is 10.3. The van der Waals surface area contributed by atoms with E-state index in [4.69, 9.17) is 9.72 Å². The highest BCUT2D eigenvalue weighted by Crippen LogP contribution is 2.36. The van der Waals surface area contributed by atoms with Crippen molar-refractivity contribution in [1.29, 1.82) is 0 Å². The fourth-order valence-corrected chi connectivity index (χ4v) is 6.50. The summed E-state index contributed by atoms with van der Waals surface area (Å²) in [6.07, 6.45) is 1.68. The third kappa shape index (κ3) is 5.08. The van der Waals surface area contributed by atoms with E-state index in [0.717, 1.165) is 27.6 Å². The molecule has 44 heavy (non-hydrogen) atoms. The van der Waals surface area contributed by atoms with Gasteiger partial charge in [0.1, 0.15) is 0 Å². The van der Waals surface area contributed by atoms with E-state index < -0.39 is 21.3 Å². The van der Waals surface area contributed by atoms with Gasteiger partial charge in [-0.05, 0) is 34.9 Å². The van der Waals surface area contributed by atoms with Crippen LogP contribution in [-0.4, -0.2) is 33.9 Å². The lowest BCUT2D eigenvalue weighted by Gasteiger charge is -2.12. The molecule has 0 aliphatic rings. The highest BCUT2D eigenvalue weighted by molar-refractivity contribution is 7.91. The van der Waals surface area contributed by atoms with Crippen LogP contribution in [0.1, 0.15) is 5.56 Å². The van der Waals surface area contributed by atoms with Gasteiger partial charge in [0.15, 0.2) is 16.6 Å². The number of rotatable bonds is 8.